The second-order valence-electron chi connectivity index (χ2n) is 8.97. The van der Waals surface area contributed by atoms with E-state index >= 15 is 0 Å². The van der Waals surface area contributed by atoms with E-state index in [0.717, 1.165) is 32.3 Å². The molecule has 0 saturated heterocycles. The molecular formula is C37H67N3O5. The van der Waals surface area contributed by atoms with E-state index in [1.54, 1.807) is 14.1 Å². The van der Waals surface area contributed by atoms with Gasteiger partial charge in [-0.2, -0.15) is 0 Å². The number of carbonyl (C=O) groups is 3. The highest BCUT2D eigenvalue weighted by Gasteiger charge is 1.98. The molecule has 4 N–H and O–H groups in total. The summed E-state index contributed by atoms with van der Waals surface area (Å²) in [5, 5.41) is 5.10. The van der Waals surface area contributed by atoms with Crippen molar-refractivity contribution >= 4 is 17.7 Å². The molecule has 2 aromatic rings. The smallest absolute Gasteiger partial charge is 0.219 e. The van der Waals surface area contributed by atoms with Gasteiger partial charge in [0.15, 0.2) is 0 Å². The Hall–Kier alpha value is -3.23. The predicted octanol–water partition coefficient (Wildman–Crippen LogP) is 7.55. The fourth-order valence-electron chi connectivity index (χ4n) is 3.13. The molecule has 0 heterocycles. The topological polar surface area (TPSA) is 120 Å². The normalized spacial score (nSPS) is 8.93. The van der Waals surface area contributed by atoms with Crippen LogP contribution in [0.2, 0.25) is 0 Å². The first-order valence-electron chi connectivity index (χ1n) is 16.8. The minimum Gasteiger partial charge on any atom is -0.381 e. The molecule has 0 aliphatic heterocycles. The zero-order chi connectivity index (χ0) is 35.1. The first kappa shape index (κ1) is 48.7. The van der Waals surface area contributed by atoms with Crippen LogP contribution in [0, 0.1) is 6.92 Å². The van der Waals surface area contributed by atoms with Crippen molar-refractivity contribution in [1.29, 1.82) is 0 Å². The van der Waals surface area contributed by atoms with Crippen LogP contribution in [-0.4, -0.2) is 51.6 Å². The van der Waals surface area contributed by atoms with Gasteiger partial charge in [0.2, 0.25) is 17.7 Å². The van der Waals surface area contributed by atoms with Gasteiger partial charge < -0.3 is 25.8 Å². The number of nitrogens with two attached hydrogens (primary N) is 1. The third kappa shape index (κ3) is 38.7. The number of ether oxygens (including phenoxy) is 2. The van der Waals surface area contributed by atoms with E-state index in [4.69, 9.17) is 15.2 Å². The summed E-state index contributed by atoms with van der Waals surface area (Å²) >= 11 is 0. The predicted molar refractivity (Wildman–Crippen MR) is 191 cm³/mol. The van der Waals surface area contributed by atoms with Gasteiger partial charge >= 0.3 is 0 Å². The lowest BCUT2D eigenvalue weighted by molar-refractivity contribution is -0.121. The fraction of sp³-hybridized carbons (Fsp3) is 0.595. The number of nitrogens with one attached hydrogen (secondary N) is 2. The van der Waals surface area contributed by atoms with Gasteiger partial charge in [0.05, 0.1) is 13.2 Å². The van der Waals surface area contributed by atoms with Crippen LogP contribution in [0.4, 0.5) is 0 Å². The van der Waals surface area contributed by atoms with Gasteiger partial charge in [-0.05, 0) is 43.7 Å². The van der Waals surface area contributed by atoms with Crippen LogP contribution >= 0.6 is 0 Å². The molecule has 0 saturated carbocycles. The molecule has 2 aromatic carbocycles. The van der Waals surface area contributed by atoms with Crippen molar-refractivity contribution in [3.05, 3.63) is 71.3 Å². The van der Waals surface area contributed by atoms with Crippen molar-refractivity contribution in [2.24, 2.45) is 5.73 Å². The first-order valence-corrected chi connectivity index (χ1v) is 16.8. The first-order chi connectivity index (χ1) is 21.8. The van der Waals surface area contributed by atoms with Crippen LogP contribution in [0.15, 0.2) is 54.6 Å². The molecule has 0 aliphatic carbocycles. The van der Waals surface area contributed by atoms with Crippen molar-refractivity contribution in [3.63, 3.8) is 0 Å². The largest absolute Gasteiger partial charge is 0.381 e. The third-order valence-corrected chi connectivity index (χ3v) is 5.55. The average molecular weight is 634 g/mol. The molecule has 0 radical (unpaired) electrons. The number of primary amides is 1. The summed E-state index contributed by atoms with van der Waals surface area (Å²) in [6.45, 7) is 18.6. The van der Waals surface area contributed by atoms with Crippen molar-refractivity contribution < 1.29 is 23.9 Å². The van der Waals surface area contributed by atoms with Gasteiger partial charge in [-0.25, -0.2) is 0 Å². The van der Waals surface area contributed by atoms with E-state index in [2.05, 4.69) is 54.0 Å². The molecule has 0 aliphatic rings. The number of hydrogen-bond acceptors (Lipinski definition) is 5. The Balaban J connectivity index is -0.000000280. The summed E-state index contributed by atoms with van der Waals surface area (Å²) in [5.74, 6) is -0.0489. The van der Waals surface area contributed by atoms with Gasteiger partial charge in [0.25, 0.3) is 0 Å². The third-order valence-electron chi connectivity index (χ3n) is 5.55. The second kappa shape index (κ2) is 40.8. The summed E-state index contributed by atoms with van der Waals surface area (Å²) in [7, 11) is 3.30. The second-order valence-corrected chi connectivity index (χ2v) is 8.97. The molecule has 2 rings (SSSR count). The molecule has 0 spiro atoms. The number of benzene rings is 2. The van der Waals surface area contributed by atoms with E-state index in [0.29, 0.717) is 45.5 Å². The van der Waals surface area contributed by atoms with E-state index in [-0.39, 0.29) is 17.7 Å². The van der Waals surface area contributed by atoms with E-state index < -0.39 is 0 Å². The molecule has 0 atom stereocenters. The van der Waals surface area contributed by atoms with E-state index in [1.165, 1.54) is 16.7 Å². The van der Waals surface area contributed by atoms with Crippen molar-refractivity contribution in [1.82, 2.24) is 10.6 Å². The Bertz CT molecular complexity index is 885. The van der Waals surface area contributed by atoms with Gasteiger partial charge in [-0.1, -0.05) is 115 Å². The van der Waals surface area contributed by atoms with Crippen molar-refractivity contribution in [3.8, 4) is 0 Å². The van der Waals surface area contributed by atoms with E-state index in [9.17, 15) is 14.4 Å². The quantitative estimate of drug-likeness (QED) is 0.165. The summed E-state index contributed by atoms with van der Waals surface area (Å²) in [6.07, 6.45) is 6.23. The van der Waals surface area contributed by atoms with Gasteiger partial charge in [-0.3, -0.25) is 14.4 Å². The Kier molecular flexibility index (Phi) is 44.1. The molecule has 260 valence electrons. The zero-order valence-electron chi connectivity index (χ0n) is 30.3. The minimum atomic E-state index is -0.262. The molecule has 8 nitrogen and oxygen atoms in total. The van der Waals surface area contributed by atoms with Crippen molar-refractivity contribution in [2.45, 2.75) is 113 Å². The summed E-state index contributed by atoms with van der Waals surface area (Å²) in [5.41, 5.74) is 8.76. The number of carbonyl (C=O) groups excluding carboxylic acids is 3. The SMILES string of the molecule is CC.CC.CC.CCC(=O)NC.CNC(=O)CCCCCOCc1ccc(C)cc1.NC(=O)CCCOCCc1ccccc1. The van der Waals surface area contributed by atoms with Crippen LogP contribution < -0.4 is 16.4 Å². The van der Waals surface area contributed by atoms with Crippen molar-refractivity contribution in [2.75, 3.05) is 33.9 Å². The molecule has 0 unspecified atom stereocenters. The van der Waals surface area contributed by atoms with Gasteiger partial charge in [0, 0.05) is 46.6 Å². The van der Waals surface area contributed by atoms with Gasteiger partial charge in [0.1, 0.15) is 0 Å². The lowest BCUT2D eigenvalue weighted by Gasteiger charge is -2.05. The number of unbranched alkanes of at least 4 members (excludes halogenated alkanes) is 2. The minimum absolute atomic E-state index is 0.0926. The van der Waals surface area contributed by atoms with Crippen LogP contribution in [0.3, 0.4) is 0 Å². The average Bonchev–Trinajstić information content (AvgIpc) is 3.09. The zero-order valence-corrected chi connectivity index (χ0v) is 30.3. The summed E-state index contributed by atoms with van der Waals surface area (Å²) in [4.78, 5) is 31.5. The Labute approximate surface area is 276 Å². The van der Waals surface area contributed by atoms with Crippen LogP contribution in [0.5, 0.6) is 0 Å². The molecule has 45 heavy (non-hydrogen) atoms. The Morgan fingerprint density at radius 2 is 1.20 bits per heavy atom. The number of rotatable bonds is 16. The number of hydrogen-bond donors (Lipinski definition) is 3. The van der Waals surface area contributed by atoms with Crippen LogP contribution in [0.25, 0.3) is 0 Å². The summed E-state index contributed by atoms with van der Waals surface area (Å²) in [6, 6.07) is 18.6. The lowest BCUT2D eigenvalue weighted by Crippen LogP contribution is -2.16. The monoisotopic (exact) mass is 634 g/mol. The highest BCUT2D eigenvalue weighted by Crippen LogP contribution is 2.06. The highest BCUT2D eigenvalue weighted by molar-refractivity contribution is 5.75. The molecular weight excluding hydrogens is 566 g/mol. The van der Waals surface area contributed by atoms with E-state index in [1.807, 2.05) is 66.7 Å². The fourth-order valence-corrected chi connectivity index (χ4v) is 3.13. The number of amides is 3. The number of aryl methyl sites for hydroxylation is 1. The maximum absolute atomic E-state index is 11.0. The lowest BCUT2D eigenvalue weighted by atomic mass is 10.2. The standard InChI is InChI=1S/C15H23NO2.C12H17NO2.C4H9NO.3C2H6/c1-13-7-9-14(10-8-13)12-18-11-5-3-4-6-15(17)16-2;13-12(14)7-4-9-15-10-8-11-5-2-1-3-6-11;1-3-4(6)5-2;3*1-2/h7-10H,3-6,11-12H2,1-2H3,(H,16,17);1-3,5-6H,4,7-10H2,(H2,13,14);3H2,1-2H3,(H,5,6);3*1-2H3. The van der Waals surface area contributed by atoms with Gasteiger partial charge in [-0.15, -0.1) is 0 Å². The molecule has 3 amide bonds. The molecule has 0 aromatic heterocycles. The molecule has 0 fully saturated rings. The summed E-state index contributed by atoms with van der Waals surface area (Å²) < 4.78 is 11.0. The highest BCUT2D eigenvalue weighted by atomic mass is 16.5. The van der Waals surface area contributed by atoms with Crippen LogP contribution in [0.1, 0.15) is 110 Å². The van der Waals surface area contributed by atoms with Crippen LogP contribution in [-0.2, 0) is 36.9 Å². The molecule has 8 heteroatoms. The molecule has 0 bridgehead atoms. The Morgan fingerprint density at radius 1 is 0.644 bits per heavy atom. The maximum Gasteiger partial charge on any atom is 0.219 e. The Morgan fingerprint density at radius 3 is 1.69 bits per heavy atom. The maximum atomic E-state index is 11.0.